The number of hydrogen-bond acceptors (Lipinski definition) is 3. The summed E-state index contributed by atoms with van der Waals surface area (Å²) in [6, 6.07) is 0. The van der Waals surface area contributed by atoms with E-state index >= 15 is 0 Å². The molecule has 3 nitrogen and oxygen atoms in total. The summed E-state index contributed by atoms with van der Waals surface area (Å²) in [5.41, 5.74) is 0. The molecule has 0 fully saturated rings. The van der Waals surface area contributed by atoms with Gasteiger partial charge in [-0.25, -0.2) is 0 Å². The summed E-state index contributed by atoms with van der Waals surface area (Å²) in [4.78, 5) is 0. The summed E-state index contributed by atoms with van der Waals surface area (Å²) >= 11 is -2.91. The molecule has 1 aliphatic carbocycles. The topological polar surface area (TPSA) is 9.72 Å². The zero-order valence-corrected chi connectivity index (χ0v) is 16.2. The first-order valence-corrected chi connectivity index (χ1v) is 11.9. The molecule has 0 N–H and O–H groups in total. The van der Waals surface area contributed by atoms with Crippen LogP contribution in [0.15, 0.2) is 24.3 Å². The van der Waals surface area contributed by atoms with E-state index in [1.54, 1.807) is 0 Å². The number of nitrogens with zero attached hydrogens (tertiary/aromatic N) is 3. The molecule has 0 unspecified atom stereocenters. The van der Waals surface area contributed by atoms with E-state index in [4.69, 9.17) is 0 Å². The van der Waals surface area contributed by atoms with Crippen LogP contribution in [0.25, 0.3) is 0 Å². The average Bonchev–Trinajstić information content (AvgIpc) is 2.86. The van der Waals surface area contributed by atoms with Crippen LogP contribution in [-0.2, 0) is 21.1 Å². The molecule has 0 aliphatic heterocycles. The summed E-state index contributed by atoms with van der Waals surface area (Å²) in [7, 11) is 6.96. The van der Waals surface area contributed by atoms with Crippen LogP contribution >= 0.6 is 0 Å². The van der Waals surface area contributed by atoms with E-state index in [-0.39, 0.29) is 3.12 Å². The zero-order valence-electron chi connectivity index (χ0n) is 13.8. The van der Waals surface area contributed by atoms with Crippen molar-refractivity contribution in [3.05, 3.63) is 24.3 Å². The Morgan fingerprint density at radius 2 is 1.11 bits per heavy atom. The van der Waals surface area contributed by atoms with Crippen LogP contribution in [-0.4, -0.2) is 49.3 Å². The summed E-state index contributed by atoms with van der Waals surface area (Å²) in [5.74, 6) is 0. The maximum absolute atomic E-state index is 2.91. The van der Waals surface area contributed by atoms with Gasteiger partial charge in [-0.15, -0.1) is 0 Å². The van der Waals surface area contributed by atoms with Gasteiger partial charge < -0.3 is 0 Å². The Kier molecular flexibility index (Phi) is 6.19. The predicted molar refractivity (Wildman–Crippen MR) is 81.6 cm³/mol. The van der Waals surface area contributed by atoms with Gasteiger partial charge in [-0.3, -0.25) is 0 Å². The minimum absolute atomic E-state index is 0.203. The quantitative estimate of drug-likeness (QED) is 0.703. The fourth-order valence-corrected chi connectivity index (χ4v) is 18.7. The molecule has 0 aromatic rings. The second-order valence-corrected chi connectivity index (χ2v) is 17.1. The Morgan fingerprint density at radius 1 is 0.789 bits per heavy atom. The Labute approximate surface area is 125 Å². The first-order chi connectivity index (χ1) is 8.90. The molecule has 19 heavy (non-hydrogen) atoms. The van der Waals surface area contributed by atoms with Crippen LogP contribution in [0.1, 0.15) is 27.7 Å². The molecule has 0 spiro atoms. The van der Waals surface area contributed by atoms with Gasteiger partial charge in [0.15, 0.2) is 0 Å². The van der Waals surface area contributed by atoms with Crippen LogP contribution < -0.4 is 0 Å². The summed E-state index contributed by atoms with van der Waals surface area (Å²) in [5, 5.41) is 0. The van der Waals surface area contributed by atoms with E-state index in [2.05, 4.69) is 81.7 Å². The maximum atomic E-state index is 2.67. The van der Waals surface area contributed by atoms with Crippen LogP contribution in [0, 0.1) is 0 Å². The van der Waals surface area contributed by atoms with E-state index in [0.29, 0.717) is 0 Å². The SMILES string of the molecule is CC[N](C)[Zr]([N](C)CC)([N](C)CC)[C]1(C)C=CC=C1. The standard InChI is InChI=1S/C6H7.3C3H8N.Zr/c1-6-4-2-3-5-6;3*1-3-4-2;/h2-5H,1H3;3*3H2,1-2H3;/q;3*-1;+3. The van der Waals surface area contributed by atoms with Gasteiger partial charge in [0.05, 0.1) is 0 Å². The summed E-state index contributed by atoms with van der Waals surface area (Å²) < 4.78 is 8.21. The van der Waals surface area contributed by atoms with Gasteiger partial charge in [-0.2, -0.15) is 0 Å². The number of allylic oxidation sites excluding steroid dienone is 4. The molecule has 0 radical (unpaired) electrons. The molecular weight excluding hydrogens is 313 g/mol. The molecule has 0 aromatic heterocycles. The molecule has 0 amide bonds. The summed E-state index contributed by atoms with van der Waals surface area (Å²) in [6.07, 6.45) is 9.30. The molecule has 4 heteroatoms. The van der Waals surface area contributed by atoms with Gasteiger partial charge >= 0.3 is 126 Å². The van der Waals surface area contributed by atoms with Crippen molar-refractivity contribution < 1.29 is 21.1 Å². The first-order valence-electron chi connectivity index (χ1n) is 7.41. The fourth-order valence-electron chi connectivity index (χ4n) is 3.56. The van der Waals surface area contributed by atoms with E-state index in [1.165, 1.54) is 0 Å². The van der Waals surface area contributed by atoms with Gasteiger partial charge in [0.25, 0.3) is 0 Å². The fraction of sp³-hybridized carbons (Fsp3) is 0.733. The third kappa shape index (κ3) is 2.70. The van der Waals surface area contributed by atoms with Crippen LogP contribution in [0.5, 0.6) is 0 Å². The van der Waals surface area contributed by atoms with Crippen LogP contribution in [0.4, 0.5) is 0 Å². The molecular formula is C15H31N3Zr. The van der Waals surface area contributed by atoms with Crippen molar-refractivity contribution in [3.8, 4) is 0 Å². The van der Waals surface area contributed by atoms with Crippen molar-refractivity contribution in [2.45, 2.75) is 30.8 Å². The molecule has 0 saturated carbocycles. The second-order valence-electron chi connectivity index (χ2n) is 5.68. The summed E-state index contributed by atoms with van der Waals surface area (Å²) in [6.45, 7) is 12.6. The van der Waals surface area contributed by atoms with Crippen molar-refractivity contribution in [1.29, 1.82) is 0 Å². The Morgan fingerprint density at radius 3 is 1.37 bits per heavy atom. The number of hydrogen-bond donors (Lipinski definition) is 0. The van der Waals surface area contributed by atoms with Crippen molar-refractivity contribution in [2.24, 2.45) is 0 Å². The van der Waals surface area contributed by atoms with Crippen molar-refractivity contribution in [3.63, 3.8) is 0 Å². The monoisotopic (exact) mass is 343 g/mol. The Bertz CT molecular complexity index is 313. The minimum atomic E-state index is -2.91. The van der Waals surface area contributed by atoms with Gasteiger partial charge in [0.2, 0.25) is 0 Å². The van der Waals surface area contributed by atoms with Gasteiger partial charge in [0, 0.05) is 0 Å². The molecule has 0 bridgehead atoms. The Balaban J connectivity index is 3.43. The van der Waals surface area contributed by atoms with Gasteiger partial charge in [0.1, 0.15) is 0 Å². The molecule has 0 atom stereocenters. The molecule has 0 aromatic carbocycles. The van der Waals surface area contributed by atoms with Crippen molar-refractivity contribution in [2.75, 3.05) is 40.8 Å². The van der Waals surface area contributed by atoms with Gasteiger partial charge in [-0.05, 0) is 0 Å². The molecule has 110 valence electrons. The second kappa shape index (κ2) is 6.80. The normalized spacial score (nSPS) is 18.2. The van der Waals surface area contributed by atoms with E-state index in [1.807, 2.05) is 0 Å². The molecule has 0 saturated heterocycles. The third-order valence-corrected chi connectivity index (χ3v) is 19.3. The molecule has 0 heterocycles. The van der Waals surface area contributed by atoms with E-state index in [9.17, 15) is 0 Å². The zero-order chi connectivity index (χ0) is 14.7. The average molecular weight is 345 g/mol. The van der Waals surface area contributed by atoms with E-state index < -0.39 is 21.1 Å². The van der Waals surface area contributed by atoms with E-state index in [0.717, 1.165) is 19.6 Å². The van der Waals surface area contributed by atoms with Crippen LogP contribution in [0.2, 0.25) is 3.12 Å². The first kappa shape index (κ1) is 17.3. The van der Waals surface area contributed by atoms with Crippen molar-refractivity contribution in [1.82, 2.24) is 8.53 Å². The van der Waals surface area contributed by atoms with Crippen molar-refractivity contribution >= 4 is 0 Å². The predicted octanol–water partition coefficient (Wildman–Crippen LogP) is 3.05. The van der Waals surface area contributed by atoms with Gasteiger partial charge in [-0.1, -0.05) is 0 Å². The number of rotatable bonds is 7. The van der Waals surface area contributed by atoms with Crippen LogP contribution in [0.3, 0.4) is 0 Å². The third-order valence-electron chi connectivity index (χ3n) is 4.74. The Hall–Kier alpha value is 0.243. The molecule has 1 aliphatic rings. The molecule has 1 rings (SSSR count).